The van der Waals surface area contributed by atoms with Gasteiger partial charge in [-0.1, -0.05) is 27.7 Å². The molecule has 2 heteroatoms. The number of carbonyl (C=O) groups is 1. The zero-order chi connectivity index (χ0) is 9.07. The maximum absolute atomic E-state index is 10.4. The van der Waals surface area contributed by atoms with Gasteiger partial charge in [0, 0.05) is 0 Å². The minimum Gasteiger partial charge on any atom is -0.481 e. The highest BCUT2D eigenvalue weighted by molar-refractivity contribution is 5.69. The molecule has 0 saturated heterocycles. The molecule has 1 atom stereocenters. The lowest BCUT2D eigenvalue weighted by atomic mass is 9.87. The van der Waals surface area contributed by atoms with Gasteiger partial charge in [0.05, 0.1) is 5.92 Å². The van der Waals surface area contributed by atoms with Crippen LogP contribution in [-0.4, -0.2) is 11.1 Å². The van der Waals surface area contributed by atoms with Crippen molar-refractivity contribution in [1.82, 2.24) is 0 Å². The van der Waals surface area contributed by atoms with Crippen LogP contribution in [0, 0.1) is 11.3 Å². The monoisotopic (exact) mass is 158 g/mol. The van der Waals surface area contributed by atoms with Gasteiger partial charge < -0.3 is 5.11 Å². The molecule has 0 heterocycles. The van der Waals surface area contributed by atoms with Crippen LogP contribution in [0.5, 0.6) is 0 Å². The molecule has 66 valence electrons. The highest BCUT2D eigenvalue weighted by Gasteiger charge is 2.16. The average molecular weight is 158 g/mol. The number of aliphatic carboxylic acids is 1. The van der Waals surface area contributed by atoms with E-state index in [0.717, 1.165) is 12.8 Å². The molecule has 0 aromatic rings. The second-order valence-electron chi connectivity index (χ2n) is 4.34. The molecule has 11 heavy (non-hydrogen) atoms. The predicted octanol–water partition coefficient (Wildman–Crippen LogP) is 2.53. The van der Waals surface area contributed by atoms with E-state index in [2.05, 4.69) is 20.8 Å². The van der Waals surface area contributed by atoms with Crippen LogP contribution in [0.2, 0.25) is 0 Å². The average Bonchev–Trinajstić information content (AvgIpc) is 1.80. The minimum atomic E-state index is -0.686. The van der Waals surface area contributed by atoms with Crippen LogP contribution in [0.25, 0.3) is 0 Å². The number of carboxylic acids is 1. The summed E-state index contributed by atoms with van der Waals surface area (Å²) < 4.78 is 0. The maximum Gasteiger partial charge on any atom is 0.306 e. The van der Waals surface area contributed by atoms with Gasteiger partial charge in [-0.05, 0) is 18.3 Å². The van der Waals surface area contributed by atoms with Crippen LogP contribution in [0.3, 0.4) is 0 Å². The number of hydrogen-bond acceptors (Lipinski definition) is 1. The molecule has 0 fully saturated rings. The second-order valence-corrected chi connectivity index (χ2v) is 4.34. The summed E-state index contributed by atoms with van der Waals surface area (Å²) in [5.41, 5.74) is 0.254. The molecule has 2 nitrogen and oxygen atoms in total. The van der Waals surface area contributed by atoms with Crippen LogP contribution in [0.4, 0.5) is 0 Å². The fraction of sp³-hybridized carbons (Fsp3) is 0.889. The molecule has 0 aliphatic carbocycles. The number of hydrogen-bond donors (Lipinski definition) is 1. The summed E-state index contributed by atoms with van der Waals surface area (Å²) in [5, 5.41) is 8.58. The first-order valence-corrected chi connectivity index (χ1v) is 4.06. The normalized spacial score (nSPS) is 14.5. The number of carboxylic acid groups (broad SMARTS) is 1. The SMILES string of the molecule is CC(CCC(C)(C)C)C(=O)O. The van der Waals surface area contributed by atoms with Crippen LogP contribution in [0.15, 0.2) is 0 Å². The van der Waals surface area contributed by atoms with Crippen molar-refractivity contribution >= 4 is 5.97 Å². The van der Waals surface area contributed by atoms with Crippen LogP contribution >= 0.6 is 0 Å². The maximum atomic E-state index is 10.4. The van der Waals surface area contributed by atoms with Gasteiger partial charge in [-0.25, -0.2) is 0 Å². The molecule has 0 radical (unpaired) electrons. The molecule has 0 aliphatic heterocycles. The van der Waals surface area contributed by atoms with Gasteiger partial charge in [0.25, 0.3) is 0 Å². The summed E-state index contributed by atoms with van der Waals surface area (Å²) in [6.07, 6.45) is 1.75. The lowest BCUT2D eigenvalue weighted by molar-refractivity contribution is -0.141. The molecule has 0 aromatic heterocycles. The van der Waals surface area contributed by atoms with E-state index < -0.39 is 5.97 Å². The molecule has 0 rings (SSSR count). The highest BCUT2D eigenvalue weighted by Crippen LogP contribution is 2.23. The summed E-state index contributed by atoms with van der Waals surface area (Å²) >= 11 is 0. The van der Waals surface area contributed by atoms with Crippen LogP contribution < -0.4 is 0 Å². The van der Waals surface area contributed by atoms with Gasteiger partial charge >= 0.3 is 5.97 Å². The van der Waals surface area contributed by atoms with Crippen LogP contribution in [-0.2, 0) is 4.79 Å². The largest absolute Gasteiger partial charge is 0.481 e. The van der Waals surface area contributed by atoms with E-state index in [1.807, 2.05) is 0 Å². The highest BCUT2D eigenvalue weighted by atomic mass is 16.4. The third-order valence-electron chi connectivity index (χ3n) is 1.75. The standard InChI is InChI=1S/C9H18O2/c1-7(8(10)11)5-6-9(2,3)4/h7H,5-6H2,1-4H3,(H,10,11). The molecule has 1 unspecified atom stereocenters. The topological polar surface area (TPSA) is 37.3 Å². The molecule has 0 aromatic carbocycles. The zero-order valence-electron chi connectivity index (χ0n) is 7.85. The Hall–Kier alpha value is -0.530. The first kappa shape index (κ1) is 10.5. The van der Waals surface area contributed by atoms with E-state index in [1.165, 1.54) is 0 Å². The van der Waals surface area contributed by atoms with Crippen LogP contribution in [0.1, 0.15) is 40.5 Å². The Morgan fingerprint density at radius 2 is 1.91 bits per heavy atom. The first-order valence-electron chi connectivity index (χ1n) is 4.06. The van der Waals surface area contributed by atoms with Crippen molar-refractivity contribution in [3.8, 4) is 0 Å². The van der Waals surface area contributed by atoms with E-state index in [4.69, 9.17) is 5.11 Å². The van der Waals surface area contributed by atoms with Gasteiger partial charge in [-0.3, -0.25) is 4.79 Å². The molecule has 0 spiro atoms. The Morgan fingerprint density at radius 1 is 1.45 bits per heavy atom. The molecule has 1 N–H and O–H groups in total. The Balaban J connectivity index is 3.63. The van der Waals surface area contributed by atoms with E-state index >= 15 is 0 Å². The van der Waals surface area contributed by atoms with Crippen molar-refractivity contribution in [2.24, 2.45) is 11.3 Å². The Bertz CT molecular complexity index is 133. The predicted molar refractivity (Wildman–Crippen MR) is 45.5 cm³/mol. The molecule has 0 aliphatic rings. The van der Waals surface area contributed by atoms with E-state index in [0.29, 0.717) is 0 Å². The van der Waals surface area contributed by atoms with Crippen molar-refractivity contribution in [1.29, 1.82) is 0 Å². The zero-order valence-corrected chi connectivity index (χ0v) is 7.85. The smallest absolute Gasteiger partial charge is 0.306 e. The molecular formula is C9H18O2. The van der Waals surface area contributed by atoms with Crippen molar-refractivity contribution in [2.45, 2.75) is 40.5 Å². The summed E-state index contributed by atoms with van der Waals surface area (Å²) in [6, 6.07) is 0. The third kappa shape index (κ3) is 5.89. The fourth-order valence-corrected chi connectivity index (χ4v) is 0.773. The molecule has 0 saturated carbocycles. The summed E-state index contributed by atoms with van der Waals surface area (Å²) in [7, 11) is 0. The van der Waals surface area contributed by atoms with Gasteiger partial charge in [0.15, 0.2) is 0 Å². The minimum absolute atomic E-state index is 0.200. The summed E-state index contributed by atoms with van der Waals surface area (Å²) in [4.78, 5) is 10.4. The Labute approximate surface area is 68.6 Å². The van der Waals surface area contributed by atoms with Gasteiger partial charge in [0.1, 0.15) is 0 Å². The molecular weight excluding hydrogens is 140 g/mol. The van der Waals surface area contributed by atoms with Gasteiger partial charge in [-0.15, -0.1) is 0 Å². The first-order chi connectivity index (χ1) is 4.83. The Kier molecular flexibility index (Phi) is 3.56. The molecule has 0 amide bonds. The van der Waals surface area contributed by atoms with Gasteiger partial charge in [-0.2, -0.15) is 0 Å². The quantitative estimate of drug-likeness (QED) is 0.685. The lowest BCUT2D eigenvalue weighted by Gasteiger charge is -2.18. The summed E-state index contributed by atoms with van der Waals surface area (Å²) in [5.74, 6) is -0.886. The lowest BCUT2D eigenvalue weighted by Crippen LogP contribution is -2.13. The summed E-state index contributed by atoms with van der Waals surface area (Å²) in [6.45, 7) is 8.14. The van der Waals surface area contributed by atoms with Gasteiger partial charge in [0.2, 0.25) is 0 Å². The van der Waals surface area contributed by atoms with Crippen molar-refractivity contribution in [3.63, 3.8) is 0 Å². The fourth-order valence-electron chi connectivity index (χ4n) is 0.773. The van der Waals surface area contributed by atoms with Crippen molar-refractivity contribution in [2.75, 3.05) is 0 Å². The molecule has 0 bridgehead atoms. The van der Waals surface area contributed by atoms with Crippen molar-refractivity contribution < 1.29 is 9.90 Å². The second kappa shape index (κ2) is 3.74. The number of rotatable bonds is 3. The van der Waals surface area contributed by atoms with E-state index in [1.54, 1.807) is 6.92 Å². The van der Waals surface area contributed by atoms with E-state index in [-0.39, 0.29) is 11.3 Å². The van der Waals surface area contributed by atoms with E-state index in [9.17, 15) is 4.79 Å². The Morgan fingerprint density at radius 3 is 2.18 bits per heavy atom. The van der Waals surface area contributed by atoms with Crippen molar-refractivity contribution in [3.05, 3.63) is 0 Å². The third-order valence-corrected chi connectivity index (χ3v) is 1.75.